The Labute approximate surface area is 122 Å². The molecule has 0 aliphatic heterocycles. The van der Waals surface area contributed by atoms with Crippen molar-refractivity contribution in [2.45, 2.75) is 6.92 Å². The van der Waals surface area contributed by atoms with Crippen molar-refractivity contribution in [1.29, 1.82) is 0 Å². The van der Waals surface area contributed by atoms with E-state index in [4.69, 9.17) is 25.8 Å². The van der Waals surface area contributed by atoms with Crippen molar-refractivity contribution in [1.82, 2.24) is 0 Å². The van der Waals surface area contributed by atoms with Crippen LogP contribution in [0.4, 0.5) is 5.69 Å². The SMILES string of the molecule is CCOC(=O)c1cc(Cl)c(NC(=O)COC)cc1OC. The van der Waals surface area contributed by atoms with Crippen LogP contribution >= 0.6 is 11.6 Å². The summed E-state index contributed by atoms with van der Waals surface area (Å²) in [5, 5.41) is 2.76. The highest BCUT2D eigenvalue weighted by Crippen LogP contribution is 2.31. The number of hydrogen-bond acceptors (Lipinski definition) is 5. The molecule has 1 aromatic rings. The Hall–Kier alpha value is -1.79. The Bertz CT molecular complexity index is 504. The Balaban J connectivity index is 3.06. The Morgan fingerprint density at radius 2 is 2.00 bits per heavy atom. The highest BCUT2D eigenvalue weighted by atomic mass is 35.5. The number of nitrogens with one attached hydrogen (secondary N) is 1. The molecule has 7 heteroatoms. The van der Waals surface area contributed by atoms with Gasteiger partial charge >= 0.3 is 5.97 Å². The predicted molar refractivity (Wildman–Crippen MR) is 74.5 cm³/mol. The molecule has 1 amide bonds. The van der Waals surface area contributed by atoms with Gasteiger partial charge in [-0.1, -0.05) is 11.6 Å². The molecule has 0 heterocycles. The van der Waals surface area contributed by atoms with Gasteiger partial charge in [-0.2, -0.15) is 0 Å². The number of hydrogen-bond donors (Lipinski definition) is 1. The van der Waals surface area contributed by atoms with E-state index in [0.29, 0.717) is 5.69 Å². The van der Waals surface area contributed by atoms with Crippen molar-refractivity contribution in [3.8, 4) is 5.75 Å². The quantitative estimate of drug-likeness (QED) is 0.815. The molecule has 0 fully saturated rings. The van der Waals surface area contributed by atoms with Gasteiger partial charge in [-0.3, -0.25) is 4.79 Å². The normalized spacial score (nSPS) is 10.0. The number of carbonyl (C=O) groups excluding carboxylic acids is 2. The molecule has 0 aliphatic rings. The highest BCUT2D eigenvalue weighted by molar-refractivity contribution is 6.34. The number of esters is 1. The molecule has 0 saturated heterocycles. The molecule has 0 aliphatic carbocycles. The molecule has 0 aromatic heterocycles. The van der Waals surface area contributed by atoms with Crippen LogP contribution in [0.5, 0.6) is 5.75 Å². The first-order valence-electron chi connectivity index (χ1n) is 5.86. The summed E-state index contributed by atoms with van der Waals surface area (Å²) in [5.41, 5.74) is 0.530. The average Bonchev–Trinajstić information content (AvgIpc) is 2.41. The van der Waals surface area contributed by atoms with Crippen LogP contribution in [0.3, 0.4) is 0 Å². The molecule has 1 N–H and O–H groups in total. The van der Waals surface area contributed by atoms with Gasteiger partial charge in [-0.25, -0.2) is 4.79 Å². The number of halogens is 1. The lowest BCUT2D eigenvalue weighted by Gasteiger charge is -2.12. The van der Waals surface area contributed by atoms with Crippen LogP contribution in [0, 0.1) is 0 Å². The van der Waals surface area contributed by atoms with Crippen molar-refractivity contribution in [3.05, 3.63) is 22.7 Å². The maximum Gasteiger partial charge on any atom is 0.341 e. The molecule has 6 nitrogen and oxygen atoms in total. The second kappa shape index (κ2) is 7.72. The fourth-order valence-corrected chi connectivity index (χ4v) is 1.71. The number of carbonyl (C=O) groups is 2. The predicted octanol–water partition coefficient (Wildman–Crippen LogP) is 2.11. The number of amides is 1. The number of methoxy groups -OCH3 is 2. The van der Waals surface area contributed by atoms with Gasteiger partial charge < -0.3 is 19.5 Å². The lowest BCUT2D eigenvalue weighted by molar-refractivity contribution is -0.119. The van der Waals surface area contributed by atoms with E-state index in [-0.39, 0.29) is 35.5 Å². The van der Waals surface area contributed by atoms with Gasteiger partial charge in [0.15, 0.2) is 0 Å². The van der Waals surface area contributed by atoms with Gasteiger partial charge in [0.05, 0.1) is 24.4 Å². The van der Waals surface area contributed by atoms with Gasteiger partial charge in [-0.15, -0.1) is 0 Å². The minimum absolute atomic E-state index is 0.0989. The maximum atomic E-state index is 11.7. The van der Waals surface area contributed by atoms with E-state index < -0.39 is 5.97 Å². The topological polar surface area (TPSA) is 73.9 Å². The van der Waals surface area contributed by atoms with E-state index in [2.05, 4.69) is 5.32 Å². The monoisotopic (exact) mass is 301 g/mol. The lowest BCUT2D eigenvalue weighted by Crippen LogP contribution is -2.17. The van der Waals surface area contributed by atoms with Crippen LogP contribution < -0.4 is 10.1 Å². The van der Waals surface area contributed by atoms with Crippen molar-refractivity contribution in [2.24, 2.45) is 0 Å². The van der Waals surface area contributed by atoms with E-state index in [1.165, 1.54) is 26.4 Å². The Kier molecular flexibility index (Phi) is 6.27. The van der Waals surface area contributed by atoms with Crippen LogP contribution in [-0.4, -0.2) is 39.3 Å². The average molecular weight is 302 g/mol. The first-order chi connectivity index (χ1) is 9.53. The zero-order chi connectivity index (χ0) is 15.1. The van der Waals surface area contributed by atoms with Crippen molar-refractivity contribution >= 4 is 29.2 Å². The van der Waals surface area contributed by atoms with Gasteiger partial charge in [0.1, 0.15) is 17.9 Å². The molecule has 0 radical (unpaired) electrons. The zero-order valence-electron chi connectivity index (χ0n) is 11.5. The Morgan fingerprint density at radius 3 is 2.55 bits per heavy atom. The largest absolute Gasteiger partial charge is 0.496 e. The van der Waals surface area contributed by atoms with Crippen LogP contribution in [0.15, 0.2) is 12.1 Å². The highest BCUT2D eigenvalue weighted by Gasteiger charge is 2.17. The smallest absolute Gasteiger partial charge is 0.341 e. The fourth-order valence-electron chi connectivity index (χ4n) is 1.50. The molecule has 1 aromatic carbocycles. The summed E-state index contributed by atoms with van der Waals surface area (Å²) < 4.78 is 14.7. The minimum Gasteiger partial charge on any atom is -0.496 e. The van der Waals surface area contributed by atoms with Gasteiger partial charge in [0.25, 0.3) is 0 Å². The standard InChI is InChI=1S/C13H16ClNO5/c1-4-20-13(17)8-5-9(14)10(6-11(8)19-3)15-12(16)7-18-2/h5-6H,4,7H2,1-3H3,(H,15,16). The van der Waals surface area contributed by atoms with E-state index in [1.54, 1.807) is 6.92 Å². The number of anilines is 1. The molecule has 20 heavy (non-hydrogen) atoms. The minimum atomic E-state index is -0.541. The number of rotatable bonds is 6. The number of benzene rings is 1. The summed E-state index contributed by atoms with van der Waals surface area (Å²) >= 11 is 6.03. The van der Waals surface area contributed by atoms with Crippen molar-refractivity contribution < 1.29 is 23.8 Å². The molecular weight excluding hydrogens is 286 g/mol. The first-order valence-corrected chi connectivity index (χ1v) is 6.24. The Morgan fingerprint density at radius 1 is 1.30 bits per heavy atom. The molecule has 0 saturated carbocycles. The summed E-state index contributed by atoms with van der Waals surface area (Å²) in [6.07, 6.45) is 0. The molecule has 0 atom stereocenters. The van der Waals surface area contributed by atoms with Crippen LogP contribution in [0.2, 0.25) is 5.02 Å². The summed E-state index contributed by atoms with van der Waals surface area (Å²) in [4.78, 5) is 23.2. The molecule has 0 bridgehead atoms. The zero-order valence-corrected chi connectivity index (χ0v) is 12.2. The summed E-state index contributed by atoms with van der Waals surface area (Å²) in [5.74, 6) is -0.637. The lowest BCUT2D eigenvalue weighted by atomic mass is 10.1. The third kappa shape index (κ3) is 4.11. The van der Waals surface area contributed by atoms with E-state index >= 15 is 0 Å². The van der Waals surface area contributed by atoms with E-state index in [1.807, 2.05) is 0 Å². The summed E-state index contributed by atoms with van der Waals surface area (Å²) in [6.45, 7) is 1.84. The van der Waals surface area contributed by atoms with Crippen molar-refractivity contribution in [3.63, 3.8) is 0 Å². The van der Waals surface area contributed by atoms with E-state index in [9.17, 15) is 9.59 Å². The van der Waals surface area contributed by atoms with E-state index in [0.717, 1.165) is 0 Å². The third-order valence-corrected chi connectivity index (χ3v) is 2.65. The van der Waals surface area contributed by atoms with Crippen molar-refractivity contribution in [2.75, 3.05) is 32.8 Å². The second-order valence-corrected chi connectivity index (χ2v) is 4.14. The van der Waals surface area contributed by atoms with Crippen LogP contribution in [0.1, 0.15) is 17.3 Å². The van der Waals surface area contributed by atoms with Gasteiger partial charge in [0, 0.05) is 13.2 Å². The summed E-state index contributed by atoms with van der Waals surface area (Å²) in [7, 11) is 2.82. The molecule has 0 unspecified atom stereocenters. The molecule has 1 rings (SSSR count). The third-order valence-electron chi connectivity index (χ3n) is 2.33. The molecular formula is C13H16ClNO5. The fraction of sp³-hybridized carbons (Fsp3) is 0.385. The van der Waals surface area contributed by atoms with Crippen LogP contribution in [0.25, 0.3) is 0 Å². The van der Waals surface area contributed by atoms with Crippen LogP contribution in [-0.2, 0) is 14.3 Å². The van der Waals surface area contributed by atoms with Gasteiger partial charge in [-0.05, 0) is 13.0 Å². The first kappa shape index (κ1) is 16.3. The number of ether oxygens (including phenoxy) is 3. The maximum absolute atomic E-state index is 11.7. The molecule has 0 spiro atoms. The molecule has 110 valence electrons. The second-order valence-electron chi connectivity index (χ2n) is 3.73. The van der Waals surface area contributed by atoms with Gasteiger partial charge in [0.2, 0.25) is 5.91 Å². The summed E-state index contributed by atoms with van der Waals surface area (Å²) in [6, 6.07) is 2.85.